The van der Waals surface area contributed by atoms with Gasteiger partial charge in [0.25, 0.3) is 0 Å². The van der Waals surface area contributed by atoms with Gasteiger partial charge in [-0.25, -0.2) is 4.79 Å². The molecular formula is C39H52O4. The number of unbranched alkanes of at least 4 members (excludes halogenated alkanes) is 13. The van der Waals surface area contributed by atoms with Crippen LogP contribution in [0.5, 0.6) is 5.75 Å². The number of benzene rings is 3. The average molecular weight is 585 g/mol. The van der Waals surface area contributed by atoms with Crippen LogP contribution in [-0.4, -0.2) is 18.5 Å². The molecule has 3 aromatic rings. The molecule has 0 spiro atoms. The lowest BCUT2D eigenvalue weighted by Gasteiger charge is -2.07. The topological polar surface area (TPSA) is 52.6 Å². The molecule has 4 heteroatoms. The van der Waals surface area contributed by atoms with E-state index in [0.717, 1.165) is 47.6 Å². The summed E-state index contributed by atoms with van der Waals surface area (Å²) in [5.41, 5.74) is 2.69. The Morgan fingerprint density at radius 3 is 1.79 bits per heavy atom. The van der Waals surface area contributed by atoms with E-state index in [-0.39, 0.29) is 11.9 Å². The maximum Gasteiger partial charge on any atom is 0.338 e. The smallest absolute Gasteiger partial charge is 0.338 e. The fourth-order valence-electron chi connectivity index (χ4n) is 5.23. The van der Waals surface area contributed by atoms with E-state index in [1.165, 1.54) is 70.6 Å². The highest BCUT2D eigenvalue weighted by molar-refractivity contribution is 5.96. The number of rotatable bonds is 21. The Hall–Kier alpha value is -3.40. The van der Waals surface area contributed by atoms with Crippen LogP contribution in [0.3, 0.4) is 0 Å². The van der Waals surface area contributed by atoms with Crippen molar-refractivity contribution >= 4 is 34.9 Å². The van der Waals surface area contributed by atoms with Gasteiger partial charge >= 0.3 is 11.9 Å². The van der Waals surface area contributed by atoms with Gasteiger partial charge in [-0.15, -0.1) is 0 Å². The zero-order valence-corrected chi connectivity index (χ0v) is 26.6. The molecule has 0 fully saturated rings. The first kappa shape index (κ1) is 34.1. The largest absolute Gasteiger partial charge is 0.462 e. The van der Waals surface area contributed by atoms with Crippen LogP contribution in [0, 0.1) is 0 Å². The van der Waals surface area contributed by atoms with Crippen LogP contribution in [-0.2, 0) is 9.53 Å². The number of fused-ring (bicyclic) bond motifs is 1. The lowest BCUT2D eigenvalue weighted by Crippen LogP contribution is -2.07. The van der Waals surface area contributed by atoms with Crippen molar-refractivity contribution in [2.75, 3.05) is 6.61 Å². The number of carbonyl (C=O) groups excluding carboxylic acids is 2. The highest BCUT2D eigenvalue weighted by Gasteiger charge is 2.08. The lowest BCUT2D eigenvalue weighted by molar-refractivity contribution is -0.134. The van der Waals surface area contributed by atoms with Gasteiger partial charge < -0.3 is 9.47 Å². The second kappa shape index (κ2) is 20.5. The summed E-state index contributed by atoms with van der Waals surface area (Å²) >= 11 is 0. The summed E-state index contributed by atoms with van der Waals surface area (Å²) in [6.45, 7) is 4.94. The van der Waals surface area contributed by atoms with Gasteiger partial charge in [0, 0.05) is 6.42 Å². The number of hydrogen-bond acceptors (Lipinski definition) is 4. The molecule has 0 unspecified atom stereocenters. The van der Waals surface area contributed by atoms with Crippen molar-refractivity contribution in [2.24, 2.45) is 0 Å². The Labute approximate surface area is 259 Å². The maximum absolute atomic E-state index is 12.5. The summed E-state index contributed by atoms with van der Waals surface area (Å²) in [5, 5.41) is 2.09. The van der Waals surface area contributed by atoms with E-state index in [1.54, 1.807) is 0 Å². The molecule has 0 N–H and O–H groups in total. The molecular weight excluding hydrogens is 532 g/mol. The number of carbonyl (C=O) groups is 2. The van der Waals surface area contributed by atoms with Crippen LogP contribution in [0.25, 0.3) is 22.9 Å². The molecule has 0 radical (unpaired) electrons. The Morgan fingerprint density at radius 1 is 0.581 bits per heavy atom. The molecule has 0 aliphatic heterocycles. The monoisotopic (exact) mass is 584 g/mol. The van der Waals surface area contributed by atoms with Crippen LogP contribution in [0.2, 0.25) is 0 Å². The van der Waals surface area contributed by atoms with Crippen molar-refractivity contribution in [3.8, 4) is 5.75 Å². The van der Waals surface area contributed by atoms with E-state index >= 15 is 0 Å². The Morgan fingerprint density at radius 2 is 1.12 bits per heavy atom. The Bertz CT molecular complexity index is 1260. The van der Waals surface area contributed by atoms with Crippen molar-refractivity contribution in [3.63, 3.8) is 0 Å². The number of ether oxygens (including phenoxy) is 2. The molecule has 0 bridgehead atoms. The summed E-state index contributed by atoms with van der Waals surface area (Å²) in [6, 6.07) is 19.5. The van der Waals surface area contributed by atoms with Gasteiger partial charge in [-0.2, -0.15) is 0 Å². The SMILES string of the molecule is CCCCCCCCCCCC(=O)Oc1ccc(C=Cc2ccc3cc(C(=O)OCCCCCCCC)ccc3c2)cc1. The zero-order chi connectivity index (χ0) is 30.5. The van der Waals surface area contributed by atoms with E-state index in [9.17, 15) is 9.59 Å². The minimum Gasteiger partial charge on any atom is -0.462 e. The zero-order valence-electron chi connectivity index (χ0n) is 26.6. The molecule has 0 heterocycles. The molecule has 0 amide bonds. The number of esters is 2. The maximum atomic E-state index is 12.5. The molecule has 0 saturated heterocycles. The van der Waals surface area contributed by atoms with Crippen molar-refractivity contribution < 1.29 is 19.1 Å². The third kappa shape index (κ3) is 13.6. The van der Waals surface area contributed by atoms with Crippen LogP contribution < -0.4 is 4.74 Å². The molecule has 0 aliphatic carbocycles. The van der Waals surface area contributed by atoms with Gasteiger partial charge in [0.2, 0.25) is 0 Å². The van der Waals surface area contributed by atoms with Gasteiger partial charge in [0.05, 0.1) is 12.2 Å². The van der Waals surface area contributed by atoms with Crippen molar-refractivity contribution in [2.45, 2.75) is 117 Å². The summed E-state index contributed by atoms with van der Waals surface area (Å²) in [7, 11) is 0. The molecule has 0 aromatic heterocycles. The first-order valence-electron chi connectivity index (χ1n) is 16.8. The van der Waals surface area contributed by atoms with Crippen molar-refractivity contribution in [3.05, 3.63) is 77.4 Å². The minimum atomic E-state index is -0.253. The predicted octanol–water partition coefficient (Wildman–Crippen LogP) is 11.4. The van der Waals surface area contributed by atoms with Crippen molar-refractivity contribution in [1.82, 2.24) is 0 Å². The normalized spacial score (nSPS) is 11.3. The molecule has 232 valence electrons. The average Bonchev–Trinajstić information content (AvgIpc) is 3.02. The highest BCUT2D eigenvalue weighted by Crippen LogP contribution is 2.21. The number of hydrogen-bond donors (Lipinski definition) is 0. The molecule has 0 saturated carbocycles. The van der Waals surface area contributed by atoms with E-state index in [0.29, 0.717) is 24.3 Å². The molecule has 4 nitrogen and oxygen atoms in total. The Balaban J connectivity index is 1.39. The fraction of sp³-hybridized carbons (Fsp3) is 0.487. The second-order valence-electron chi connectivity index (χ2n) is 11.7. The quantitative estimate of drug-likeness (QED) is 0.0541. The summed E-state index contributed by atoms with van der Waals surface area (Å²) < 4.78 is 11.0. The molecule has 3 rings (SSSR count). The summed E-state index contributed by atoms with van der Waals surface area (Å²) in [6.07, 6.45) is 22.7. The summed E-state index contributed by atoms with van der Waals surface area (Å²) in [5.74, 6) is 0.179. The third-order valence-corrected chi connectivity index (χ3v) is 7.90. The van der Waals surface area contributed by atoms with Gasteiger partial charge in [-0.05, 0) is 65.1 Å². The Kier molecular flexibility index (Phi) is 16.3. The van der Waals surface area contributed by atoms with E-state index in [4.69, 9.17) is 9.47 Å². The first-order chi connectivity index (χ1) is 21.1. The molecule has 0 atom stereocenters. The second-order valence-corrected chi connectivity index (χ2v) is 11.7. The predicted molar refractivity (Wildman–Crippen MR) is 180 cm³/mol. The summed E-state index contributed by atoms with van der Waals surface area (Å²) in [4.78, 5) is 24.7. The minimum absolute atomic E-state index is 0.156. The van der Waals surface area contributed by atoms with E-state index < -0.39 is 0 Å². The van der Waals surface area contributed by atoms with E-state index in [2.05, 4.69) is 26.0 Å². The van der Waals surface area contributed by atoms with Gasteiger partial charge in [0.1, 0.15) is 5.75 Å². The van der Waals surface area contributed by atoms with E-state index in [1.807, 2.05) is 60.7 Å². The van der Waals surface area contributed by atoms with Crippen LogP contribution in [0.15, 0.2) is 60.7 Å². The van der Waals surface area contributed by atoms with Gasteiger partial charge in [-0.3, -0.25) is 4.79 Å². The fourth-order valence-corrected chi connectivity index (χ4v) is 5.23. The molecule has 3 aromatic carbocycles. The third-order valence-electron chi connectivity index (χ3n) is 7.90. The lowest BCUT2D eigenvalue weighted by atomic mass is 10.0. The van der Waals surface area contributed by atoms with Crippen molar-refractivity contribution in [1.29, 1.82) is 0 Å². The van der Waals surface area contributed by atoms with Crippen LogP contribution in [0.1, 0.15) is 138 Å². The van der Waals surface area contributed by atoms with Gasteiger partial charge in [-0.1, -0.05) is 140 Å². The molecule has 0 aliphatic rings. The highest BCUT2D eigenvalue weighted by atomic mass is 16.5. The van der Waals surface area contributed by atoms with Gasteiger partial charge in [0.15, 0.2) is 0 Å². The first-order valence-corrected chi connectivity index (χ1v) is 16.8. The van der Waals surface area contributed by atoms with Crippen LogP contribution in [0.4, 0.5) is 0 Å². The molecule has 43 heavy (non-hydrogen) atoms. The van der Waals surface area contributed by atoms with Crippen LogP contribution >= 0.6 is 0 Å². The standard InChI is InChI=1S/C39H52O4/c1-3-5-7-9-11-12-13-14-16-18-38(40)43-37-27-22-32(23-28-37)19-20-33-21-24-35-31-36(26-25-34(35)30-33)39(41)42-29-17-15-10-8-6-4-2/h19-28,30-31H,3-18,29H2,1-2H3.